The Bertz CT molecular complexity index is 1150. The first kappa shape index (κ1) is 21.9. The normalized spacial score (nSPS) is 19.0. The number of piperazine rings is 1. The number of carbonyl (C=O) groups is 1. The summed E-state index contributed by atoms with van der Waals surface area (Å²) in [7, 11) is 0. The van der Waals surface area contributed by atoms with Crippen LogP contribution < -0.4 is 10.6 Å². The summed E-state index contributed by atoms with van der Waals surface area (Å²) in [6.07, 6.45) is 0. The van der Waals surface area contributed by atoms with E-state index in [1.807, 2.05) is 24.3 Å². The molecule has 2 aromatic rings. The van der Waals surface area contributed by atoms with Crippen LogP contribution in [0, 0.1) is 17.1 Å². The minimum Gasteiger partial charge on any atom is -0.445 e. The lowest BCUT2D eigenvalue weighted by Crippen LogP contribution is -2.50. The molecule has 1 atom stereocenters. The van der Waals surface area contributed by atoms with Gasteiger partial charge in [-0.25, -0.2) is 4.39 Å². The van der Waals surface area contributed by atoms with E-state index in [1.54, 1.807) is 24.0 Å². The maximum Gasteiger partial charge on any atom is 0.254 e. The summed E-state index contributed by atoms with van der Waals surface area (Å²) in [5, 5.41) is 9.78. The highest BCUT2D eigenvalue weighted by Crippen LogP contribution is 2.40. The molecule has 32 heavy (non-hydrogen) atoms. The van der Waals surface area contributed by atoms with Crippen molar-refractivity contribution in [1.82, 2.24) is 4.90 Å². The Kier molecular flexibility index (Phi) is 6.19. The van der Waals surface area contributed by atoms with E-state index < -0.39 is 5.92 Å². The lowest BCUT2D eigenvalue weighted by atomic mass is 9.82. The van der Waals surface area contributed by atoms with Gasteiger partial charge in [-0.1, -0.05) is 28.1 Å². The predicted molar refractivity (Wildman–Crippen MR) is 123 cm³/mol. The second-order valence-corrected chi connectivity index (χ2v) is 8.62. The molecule has 0 spiro atoms. The highest BCUT2D eigenvalue weighted by molar-refractivity contribution is 9.10. The molecule has 4 rings (SSSR count). The molecule has 2 aliphatic heterocycles. The van der Waals surface area contributed by atoms with Crippen LogP contribution in [0.2, 0.25) is 0 Å². The fraction of sp³-hybridized carbons (Fsp3) is 0.250. The van der Waals surface area contributed by atoms with Crippen molar-refractivity contribution in [2.75, 3.05) is 31.1 Å². The van der Waals surface area contributed by atoms with Crippen molar-refractivity contribution in [3.63, 3.8) is 0 Å². The molecule has 0 unspecified atom stereocenters. The van der Waals surface area contributed by atoms with Gasteiger partial charge in [0.15, 0.2) is 0 Å². The molecule has 1 saturated heterocycles. The summed E-state index contributed by atoms with van der Waals surface area (Å²) in [5.41, 5.74) is 8.36. The molecule has 1 fully saturated rings. The third kappa shape index (κ3) is 4.21. The monoisotopic (exact) mass is 496 g/mol. The molecule has 2 N–H and O–H groups in total. The van der Waals surface area contributed by atoms with Gasteiger partial charge in [-0.3, -0.25) is 4.79 Å². The van der Waals surface area contributed by atoms with E-state index in [0.717, 1.165) is 15.7 Å². The first-order valence-corrected chi connectivity index (χ1v) is 11.0. The number of carbonyl (C=O) groups excluding carboxylic acids is 1. The number of nitrogens with zero attached hydrogens (tertiary/aromatic N) is 3. The van der Waals surface area contributed by atoms with Gasteiger partial charge in [0.25, 0.3) is 5.91 Å². The SMILES string of the molecule is CC1=C(C(=O)N2CCN(c3ccc(F)cc3)CC2)[C@@H](c2cccc(Br)c2)C(C#N)=C(N)O1. The summed E-state index contributed by atoms with van der Waals surface area (Å²) in [4.78, 5) is 17.5. The highest BCUT2D eigenvalue weighted by Gasteiger charge is 2.38. The number of anilines is 1. The minimum absolute atomic E-state index is 0.0210. The standard InChI is InChI=1S/C24H22BrFN4O2/c1-15-21(22(20(14-27)23(28)32-15)16-3-2-4-17(25)13-16)24(31)30-11-9-29(10-12-30)19-7-5-18(26)6-8-19/h2-8,13,22H,9-12,28H2,1H3/t22-/m0/s1. The van der Waals surface area contributed by atoms with Crippen LogP contribution in [0.4, 0.5) is 10.1 Å². The number of hydrogen-bond acceptors (Lipinski definition) is 5. The van der Waals surface area contributed by atoms with Crippen molar-refractivity contribution < 1.29 is 13.9 Å². The van der Waals surface area contributed by atoms with Gasteiger partial charge in [0.05, 0.1) is 11.5 Å². The summed E-state index contributed by atoms with van der Waals surface area (Å²) < 4.78 is 19.7. The van der Waals surface area contributed by atoms with Crippen molar-refractivity contribution >= 4 is 27.5 Å². The van der Waals surface area contributed by atoms with Crippen LogP contribution in [0.25, 0.3) is 0 Å². The summed E-state index contributed by atoms with van der Waals surface area (Å²) in [5.74, 6) is -0.632. The van der Waals surface area contributed by atoms with Gasteiger partial charge in [-0.15, -0.1) is 0 Å². The Hall–Kier alpha value is -3.31. The van der Waals surface area contributed by atoms with Crippen LogP contribution in [-0.2, 0) is 9.53 Å². The van der Waals surface area contributed by atoms with E-state index in [0.29, 0.717) is 37.5 Å². The number of nitriles is 1. The molecule has 0 radical (unpaired) electrons. The molecular formula is C24H22BrFN4O2. The van der Waals surface area contributed by atoms with E-state index in [1.165, 1.54) is 12.1 Å². The number of halogens is 2. The van der Waals surface area contributed by atoms with E-state index in [9.17, 15) is 14.4 Å². The van der Waals surface area contributed by atoms with Crippen molar-refractivity contribution in [1.29, 1.82) is 5.26 Å². The van der Waals surface area contributed by atoms with Crippen LogP contribution in [-0.4, -0.2) is 37.0 Å². The van der Waals surface area contributed by atoms with Crippen LogP contribution in [0.3, 0.4) is 0 Å². The summed E-state index contributed by atoms with van der Waals surface area (Å²) in [6, 6.07) is 16.0. The average Bonchev–Trinajstić information content (AvgIpc) is 2.79. The largest absolute Gasteiger partial charge is 0.445 e. The van der Waals surface area contributed by atoms with Crippen LogP contribution >= 0.6 is 15.9 Å². The van der Waals surface area contributed by atoms with Gasteiger partial charge >= 0.3 is 0 Å². The predicted octanol–water partition coefficient (Wildman–Crippen LogP) is 4.02. The van der Waals surface area contributed by atoms with Crippen molar-refractivity contribution in [3.05, 3.63) is 87.2 Å². The fourth-order valence-electron chi connectivity index (χ4n) is 4.17. The van der Waals surface area contributed by atoms with Gasteiger partial charge in [0.1, 0.15) is 23.2 Å². The number of benzene rings is 2. The zero-order valence-electron chi connectivity index (χ0n) is 17.5. The third-order valence-corrected chi connectivity index (χ3v) is 6.27. The van der Waals surface area contributed by atoms with Crippen LogP contribution in [0.1, 0.15) is 18.4 Å². The zero-order valence-corrected chi connectivity index (χ0v) is 19.1. The van der Waals surface area contributed by atoms with E-state index in [-0.39, 0.29) is 23.2 Å². The summed E-state index contributed by atoms with van der Waals surface area (Å²) >= 11 is 3.47. The molecular weight excluding hydrogens is 475 g/mol. The Morgan fingerprint density at radius 2 is 1.88 bits per heavy atom. The van der Waals surface area contributed by atoms with Gasteiger partial charge in [-0.2, -0.15) is 5.26 Å². The Morgan fingerprint density at radius 1 is 1.19 bits per heavy atom. The van der Waals surface area contributed by atoms with E-state index >= 15 is 0 Å². The minimum atomic E-state index is -0.603. The lowest BCUT2D eigenvalue weighted by Gasteiger charge is -2.38. The summed E-state index contributed by atoms with van der Waals surface area (Å²) in [6.45, 7) is 3.94. The maximum atomic E-state index is 13.6. The van der Waals surface area contributed by atoms with Crippen molar-refractivity contribution in [3.8, 4) is 6.07 Å². The fourth-order valence-corrected chi connectivity index (χ4v) is 4.58. The molecule has 8 heteroatoms. The number of hydrogen-bond donors (Lipinski definition) is 1. The van der Waals surface area contributed by atoms with E-state index in [4.69, 9.17) is 10.5 Å². The zero-order chi connectivity index (χ0) is 22.8. The van der Waals surface area contributed by atoms with Gasteiger partial charge in [0.2, 0.25) is 5.88 Å². The molecule has 2 heterocycles. The quantitative estimate of drug-likeness (QED) is 0.693. The number of ether oxygens (including phenoxy) is 1. The first-order chi connectivity index (χ1) is 15.4. The van der Waals surface area contributed by atoms with Gasteiger partial charge in [-0.05, 0) is 48.9 Å². The smallest absolute Gasteiger partial charge is 0.254 e. The molecule has 2 aliphatic rings. The van der Waals surface area contributed by atoms with Gasteiger partial charge < -0.3 is 20.3 Å². The van der Waals surface area contributed by atoms with Gasteiger partial charge in [0, 0.05) is 36.3 Å². The molecule has 1 amide bonds. The second-order valence-electron chi connectivity index (χ2n) is 7.71. The van der Waals surface area contributed by atoms with Crippen molar-refractivity contribution in [2.45, 2.75) is 12.8 Å². The average molecular weight is 497 g/mol. The topological polar surface area (TPSA) is 82.6 Å². The number of nitrogens with two attached hydrogens (primary N) is 1. The second kappa shape index (κ2) is 9.05. The molecule has 164 valence electrons. The molecule has 0 aromatic heterocycles. The third-order valence-electron chi connectivity index (χ3n) is 5.78. The molecule has 0 bridgehead atoms. The Balaban J connectivity index is 1.59. The first-order valence-electron chi connectivity index (χ1n) is 10.2. The molecule has 0 aliphatic carbocycles. The molecule has 6 nitrogen and oxygen atoms in total. The Morgan fingerprint density at radius 3 is 2.50 bits per heavy atom. The Labute approximate surface area is 194 Å². The van der Waals surface area contributed by atoms with Crippen LogP contribution in [0.15, 0.2) is 75.8 Å². The van der Waals surface area contributed by atoms with E-state index in [2.05, 4.69) is 26.9 Å². The lowest BCUT2D eigenvalue weighted by molar-refractivity contribution is -0.128. The van der Waals surface area contributed by atoms with Crippen molar-refractivity contribution in [2.24, 2.45) is 5.73 Å². The number of rotatable bonds is 3. The highest BCUT2D eigenvalue weighted by atomic mass is 79.9. The molecule has 2 aromatic carbocycles. The van der Waals surface area contributed by atoms with Crippen LogP contribution in [0.5, 0.6) is 0 Å². The number of allylic oxidation sites excluding steroid dienone is 2. The number of amides is 1. The maximum absolute atomic E-state index is 13.6. The molecule has 0 saturated carbocycles.